The zero-order valence-corrected chi connectivity index (χ0v) is 14.8. The van der Waals surface area contributed by atoms with Crippen LogP contribution in [-0.2, 0) is 11.2 Å². The van der Waals surface area contributed by atoms with Crippen LogP contribution < -0.4 is 10.1 Å². The Morgan fingerprint density at radius 3 is 2.62 bits per heavy atom. The number of fused-ring (bicyclic) bond motifs is 1. The summed E-state index contributed by atoms with van der Waals surface area (Å²) < 4.78 is 11.8. The summed E-state index contributed by atoms with van der Waals surface area (Å²) in [4.78, 5) is 29.4. The summed E-state index contributed by atoms with van der Waals surface area (Å²) in [6.07, 6.45) is 2.33. The molecule has 0 aliphatic heterocycles. The number of hydrogen-bond donors (Lipinski definition) is 1. The Bertz CT molecular complexity index is 978. The van der Waals surface area contributed by atoms with Crippen molar-refractivity contribution < 1.29 is 19.1 Å². The molecule has 0 atom stereocenters. The summed E-state index contributed by atoms with van der Waals surface area (Å²) in [5.74, 6) is -0.299. The highest BCUT2D eigenvalue weighted by Gasteiger charge is 2.22. The number of nitrogens with zero attached hydrogens (tertiary/aromatic N) is 2. The van der Waals surface area contributed by atoms with Gasteiger partial charge in [0.2, 0.25) is 0 Å². The molecule has 7 heteroatoms. The maximum atomic E-state index is 13.0. The van der Waals surface area contributed by atoms with Crippen LogP contribution in [0.2, 0.25) is 0 Å². The molecule has 1 aromatic carbocycles. The number of esters is 1. The van der Waals surface area contributed by atoms with Crippen LogP contribution >= 0.6 is 0 Å². The molecule has 0 fully saturated rings. The summed E-state index contributed by atoms with van der Waals surface area (Å²) in [6, 6.07) is 10.3. The monoisotopic (exact) mass is 353 g/mol. The number of imidazole rings is 1. The topological polar surface area (TPSA) is 81.9 Å². The predicted molar refractivity (Wildman–Crippen MR) is 96.9 cm³/mol. The van der Waals surface area contributed by atoms with Crippen molar-refractivity contribution in [3.63, 3.8) is 0 Å². The Balaban J connectivity index is 2.05. The molecule has 26 heavy (non-hydrogen) atoms. The van der Waals surface area contributed by atoms with Crippen LogP contribution in [0, 0.1) is 0 Å². The smallest absolute Gasteiger partial charge is 0.339 e. The van der Waals surface area contributed by atoms with Gasteiger partial charge in [-0.15, -0.1) is 0 Å². The summed E-state index contributed by atoms with van der Waals surface area (Å²) in [5.41, 5.74) is 2.28. The number of benzene rings is 1. The van der Waals surface area contributed by atoms with E-state index in [1.54, 1.807) is 54.1 Å². The highest BCUT2D eigenvalue weighted by atomic mass is 16.5. The first-order valence-electron chi connectivity index (χ1n) is 8.13. The predicted octanol–water partition coefficient (Wildman–Crippen LogP) is 2.94. The number of aryl methyl sites for hydroxylation is 1. The summed E-state index contributed by atoms with van der Waals surface area (Å²) in [6.45, 7) is 1.92. The lowest BCUT2D eigenvalue weighted by atomic mass is 10.1. The number of carbonyl (C=O) groups excluding carboxylic acids is 2. The van der Waals surface area contributed by atoms with E-state index in [1.165, 1.54) is 7.11 Å². The van der Waals surface area contributed by atoms with Crippen LogP contribution in [0.25, 0.3) is 5.65 Å². The molecule has 0 saturated heterocycles. The molecule has 0 saturated carbocycles. The molecular formula is C19H19N3O4. The molecule has 2 aromatic heterocycles. The molecule has 0 radical (unpaired) electrons. The lowest BCUT2D eigenvalue weighted by Crippen LogP contribution is -2.18. The normalized spacial score (nSPS) is 10.6. The molecule has 0 bridgehead atoms. The van der Waals surface area contributed by atoms with Crippen LogP contribution in [0.1, 0.15) is 33.5 Å². The van der Waals surface area contributed by atoms with E-state index in [1.807, 2.05) is 6.92 Å². The number of nitrogens with one attached hydrogen (secondary N) is 1. The van der Waals surface area contributed by atoms with Gasteiger partial charge in [0.15, 0.2) is 11.4 Å². The first kappa shape index (κ1) is 17.5. The maximum Gasteiger partial charge on any atom is 0.339 e. The maximum absolute atomic E-state index is 13.0. The summed E-state index contributed by atoms with van der Waals surface area (Å²) in [7, 11) is 2.86. The third-order valence-electron chi connectivity index (χ3n) is 4.04. The Hall–Kier alpha value is -3.35. The Kier molecular flexibility index (Phi) is 4.88. The van der Waals surface area contributed by atoms with Gasteiger partial charge in [0.25, 0.3) is 5.91 Å². The number of para-hydroxylation sites is 1. The van der Waals surface area contributed by atoms with E-state index < -0.39 is 5.97 Å². The standard InChI is InChI=1S/C19H19N3O4/c1-4-13-16(22-11-7-10-15(25-2)17(22)20-13)18(23)21-14-9-6-5-8-12(14)19(24)26-3/h5-11H,4H2,1-3H3,(H,21,23). The van der Waals surface area contributed by atoms with E-state index in [-0.39, 0.29) is 11.5 Å². The molecule has 0 aliphatic rings. The number of ether oxygens (including phenoxy) is 2. The molecule has 0 spiro atoms. The molecular weight excluding hydrogens is 334 g/mol. The largest absolute Gasteiger partial charge is 0.493 e. The second-order valence-electron chi connectivity index (χ2n) is 5.52. The number of carbonyl (C=O) groups is 2. The number of methoxy groups -OCH3 is 2. The molecule has 1 N–H and O–H groups in total. The number of aromatic nitrogens is 2. The third kappa shape index (κ3) is 2.99. The zero-order valence-electron chi connectivity index (χ0n) is 14.8. The van der Waals surface area contributed by atoms with E-state index in [0.717, 1.165) is 0 Å². The van der Waals surface area contributed by atoms with E-state index in [2.05, 4.69) is 10.3 Å². The Labute approximate surface area is 150 Å². The second-order valence-corrected chi connectivity index (χ2v) is 5.52. The van der Waals surface area contributed by atoms with Crippen molar-refractivity contribution in [3.05, 3.63) is 59.5 Å². The molecule has 7 nitrogen and oxygen atoms in total. The van der Waals surface area contributed by atoms with Crippen molar-refractivity contribution in [1.82, 2.24) is 9.38 Å². The average Bonchev–Trinajstić information content (AvgIpc) is 3.06. The van der Waals surface area contributed by atoms with Crippen molar-refractivity contribution in [2.75, 3.05) is 19.5 Å². The number of rotatable bonds is 5. The third-order valence-corrected chi connectivity index (χ3v) is 4.04. The van der Waals surface area contributed by atoms with Gasteiger partial charge >= 0.3 is 5.97 Å². The molecule has 0 unspecified atom stereocenters. The van der Waals surface area contributed by atoms with Gasteiger partial charge < -0.3 is 14.8 Å². The van der Waals surface area contributed by atoms with Gasteiger partial charge in [-0.05, 0) is 30.7 Å². The SMILES string of the molecule is CCc1nc2c(OC)cccn2c1C(=O)Nc1ccccc1C(=O)OC. The average molecular weight is 353 g/mol. The fourth-order valence-electron chi connectivity index (χ4n) is 2.80. The molecule has 0 aliphatic carbocycles. The van der Waals surface area contributed by atoms with Crippen molar-refractivity contribution >= 4 is 23.2 Å². The zero-order chi connectivity index (χ0) is 18.7. The highest BCUT2D eigenvalue weighted by molar-refractivity contribution is 6.08. The Morgan fingerprint density at radius 1 is 1.15 bits per heavy atom. The van der Waals surface area contributed by atoms with Gasteiger partial charge in [0, 0.05) is 6.20 Å². The fraction of sp³-hybridized carbons (Fsp3) is 0.211. The summed E-state index contributed by atoms with van der Waals surface area (Å²) in [5, 5.41) is 2.79. The van der Waals surface area contributed by atoms with Crippen LogP contribution in [-0.4, -0.2) is 35.5 Å². The fourth-order valence-corrected chi connectivity index (χ4v) is 2.80. The van der Waals surface area contributed by atoms with E-state index in [0.29, 0.717) is 34.9 Å². The van der Waals surface area contributed by atoms with Gasteiger partial charge in [-0.2, -0.15) is 0 Å². The lowest BCUT2D eigenvalue weighted by molar-refractivity contribution is 0.0602. The van der Waals surface area contributed by atoms with Gasteiger partial charge in [0.05, 0.1) is 31.2 Å². The van der Waals surface area contributed by atoms with Crippen LogP contribution in [0.15, 0.2) is 42.6 Å². The molecule has 134 valence electrons. The van der Waals surface area contributed by atoms with Gasteiger partial charge in [-0.3, -0.25) is 9.20 Å². The van der Waals surface area contributed by atoms with E-state index >= 15 is 0 Å². The van der Waals surface area contributed by atoms with Crippen LogP contribution in [0.3, 0.4) is 0 Å². The van der Waals surface area contributed by atoms with Crippen molar-refractivity contribution in [2.45, 2.75) is 13.3 Å². The highest BCUT2D eigenvalue weighted by Crippen LogP contribution is 2.24. The molecule has 2 heterocycles. The lowest BCUT2D eigenvalue weighted by Gasteiger charge is -2.10. The van der Waals surface area contributed by atoms with Gasteiger partial charge in [0.1, 0.15) is 5.69 Å². The second kappa shape index (κ2) is 7.26. The van der Waals surface area contributed by atoms with Crippen molar-refractivity contribution in [2.24, 2.45) is 0 Å². The van der Waals surface area contributed by atoms with Crippen molar-refractivity contribution in [3.8, 4) is 5.75 Å². The quantitative estimate of drug-likeness (QED) is 0.713. The van der Waals surface area contributed by atoms with Crippen molar-refractivity contribution in [1.29, 1.82) is 0 Å². The van der Waals surface area contributed by atoms with Gasteiger partial charge in [-0.1, -0.05) is 19.1 Å². The Morgan fingerprint density at radius 2 is 1.92 bits per heavy atom. The minimum Gasteiger partial charge on any atom is -0.493 e. The summed E-state index contributed by atoms with van der Waals surface area (Å²) >= 11 is 0. The molecule has 3 aromatic rings. The van der Waals surface area contributed by atoms with Gasteiger partial charge in [-0.25, -0.2) is 9.78 Å². The van der Waals surface area contributed by atoms with E-state index in [9.17, 15) is 9.59 Å². The molecule has 1 amide bonds. The number of hydrogen-bond acceptors (Lipinski definition) is 5. The minimum absolute atomic E-state index is 0.285. The number of anilines is 1. The first-order valence-corrected chi connectivity index (χ1v) is 8.13. The molecule has 3 rings (SSSR count). The van der Waals surface area contributed by atoms with Crippen LogP contribution in [0.5, 0.6) is 5.75 Å². The van der Waals surface area contributed by atoms with Crippen LogP contribution in [0.4, 0.5) is 5.69 Å². The first-order chi connectivity index (χ1) is 12.6. The number of pyridine rings is 1. The van der Waals surface area contributed by atoms with E-state index in [4.69, 9.17) is 9.47 Å². The minimum atomic E-state index is -0.517. The number of amides is 1.